The van der Waals surface area contributed by atoms with Crippen molar-refractivity contribution in [2.75, 3.05) is 18.6 Å². The van der Waals surface area contributed by atoms with E-state index in [1.54, 1.807) is 30.3 Å². The quantitative estimate of drug-likeness (QED) is 0.507. The maximum atomic E-state index is 12.5. The SMILES string of the molecule is C=CCN1C(=O)C(O)(C(=C)C(=O)OC)c2ccccc21. The number of para-hydroxylation sites is 1. The summed E-state index contributed by atoms with van der Waals surface area (Å²) in [6.07, 6.45) is 1.54. The topological polar surface area (TPSA) is 66.8 Å². The third kappa shape index (κ3) is 1.75. The second-order valence-electron chi connectivity index (χ2n) is 4.40. The predicted octanol–water partition coefficient (Wildman–Crippen LogP) is 1.14. The largest absolute Gasteiger partial charge is 0.466 e. The Hall–Kier alpha value is -2.40. The molecule has 0 saturated carbocycles. The van der Waals surface area contributed by atoms with Crippen molar-refractivity contribution in [1.82, 2.24) is 0 Å². The lowest BCUT2D eigenvalue weighted by atomic mass is 9.88. The number of carbonyl (C=O) groups excluding carboxylic acids is 2. The van der Waals surface area contributed by atoms with Crippen LogP contribution in [-0.2, 0) is 19.9 Å². The predicted molar refractivity (Wildman–Crippen MR) is 74.0 cm³/mol. The third-order valence-electron chi connectivity index (χ3n) is 3.32. The van der Waals surface area contributed by atoms with E-state index in [1.165, 1.54) is 12.0 Å². The summed E-state index contributed by atoms with van der Waals surface area (Å²) >= 11 is 0. The van der Waals surface area contributed by atoms with Gasteiger partial charge in [0.15, 0.2) is 0 Å². The van der Waals surface area contributed by atoms with Crippen LogP contribution in [0.25, 0.3) is 0 Å². The number of amides is 1. The molecule has 5 nitrogen and oxygen atoms in total. The highest BCUT2D eigenvalue weighted by Crippen LogP contribution is 2.44. The summed E-state index contributed by atoms with van der Waals surface area (Å²) in [4.78, 5) is 25.5. The van der Waals surface area contributed by atoms with Crippen LogP contribution in [0.2, 0.25) is 0 Å². The first kappa shape index (κ1) is 14.0. The summed E-state index contributed by atoms with van der Waals surface area (Å²) < 4.78 is 4.56. The first-order chi connectivity index (χ1) is 9.48. The first-order valence-electron chi connectivity index (χ1n) is 6.01. The van der Waals surface area contributed by atoms with Crippen LogP contribution in [0.1, 0.15) is 5.56 Å². The van der Waals surface area contributed by atoms with Crippen molar-refractivity contribution in [3.63, 3.8) is 0 Å². The highest BCUT2D eigenvalue weighted by atomic mass is 16.5. The molecular formula is C15H15NO4. The standard InChI is InChI=1S/C15H15NO4/c1-4-9-16-12-8-6-5-7-11(12)15(19,14(16)18)10(2)13(17)20-3/h4-8,19H,1-2,9H2,3H3. The van der Waals surface area contributed by atoms with Crippen molar-refractivity contribution < 1.29 is 19.4 Å². The highest BCUT2D eigenvalue weighted by molar-refractivity contribution is 6.13. The molecule has 0 bridgehead atoms. The maximum Gasteiger partial charge on any atom is 0.336 e. The van der Waals surface area contributed by atoms with Crippen LogP contribution in [-0.4, -0.2) is 30.6 Å². The molecule has 1 amide bonds. The summed E-state index contributed by atoms with van der Waals surface area (Å²) in [6.45, 7) is 7.34. The number of ether oxygens (including phenoxy) is 1. The number of esters is 1. The van der Waals surface area contributed by atoms with Crippen molar-refractivity contribution in [3.8, 4) is 0 Å². The molecule has 2 rings (SSSR count). The number of hydrogen-bond donors (Lipinski definition) is 1. The number of fused-ring (bicyclic) bond motifs is 1. The molecule has 0 radical (unpaired) electrons. The lowest BCUT2D eigenvalue weighted by Gasteiger charge is -2.23. The molecule has 0 saturated heterocycles. The van der Waals surface area contributed by atoms with Gasteiger partial charge in [0.1, 0.15) is 0 Å². The summed E-state index contributed by atoms with van der Waals surface area (Å²) in [7, 11) is 1.17. The normalized spacial score (nSPS) is 20.5. The molecule has 104 valence electrons. The molecule has 20 heavy (non-hydrogen) atoms. The Balaban J connectivity index is 2.60. The van der Waals surface area contributed by atoms with E-state index in [1.807, 2.05) is 0 Å². The van der Waals surface area contributed by atoms with Crippen LogP contribution in [0.15, 0.2) is 49.1 Å². The van der Waals surface area contributed by atoms with E-state index < -0.39 is 17.5 Å². The Morgan fingerprint density at radius 2 is 2.15 bits per heavy atom. The minimum absolute atomic E-state index is 0.229. The molecule has 0 spiro atoms. The molecular weight excluding hydrogens is 258 g/mol. The van der Waals surface area contributed by atoms with Crippen molar-refractivity contribution >= 4 is 17.6 Å². The van der Waals surface area contributed by atoms with Gasteiger partial charge in [-0.3, -0.25) is 4.79 Å². The Morgan fingerprint density at radius 1 is 1.50 bits per heavy atom. The van der Waals surface area contributed by atoms with Crippen LogP contribution >= 0.6 is 0 Å². The molecule has 0 fully saturated rings. The van der Waals surface area contributed by atoms with Gasteiger partial charge in [0.25, 0.3) is 5.91 Å². The zero-order chi connectivity index (χ0) is 14.9. The third-order valence-corrected chi connectivity index (χ3v) is 3.32. The average molecular weight is 273 g/mol. The Bertz CT molecular complexity index is 608. The lowest BCUT2D eigenvalue weighted by molar-refractivity contribution is -0.144. The molecule has 1 N–H and O–H groups in total. The average Bonchev–Trinajstić information content (AvgIpc) is 2.69. The van der Waals surface area contributed by atoms with Gasteiger partial charge in [0, 0.05) is 12.1 Å². The Morgan fingerprint density at radius 3 is 2.75 bits per heavy atom. The number of nitrogens with zero attached hydrogens (tertiary/aromatic N) is 1. The smallest absolute Gasteiger partial charge is 0.336 e. The van der Waals surface area contributed by atoms with E-state index >= 15 is 0 Å². The molecule has 0 aromatic heterocycles. The van der Waals surface area contributed by atoms with E-state index in [-0.39, 0.29) is 12.1 Å². The van der Waals surface area contributed by atoms with E-state index in [0.29, 0.717) is 11.3 Å². The molecule has 0 aliphatic carbocycles. The van der Waals surface area contributed by atoms with Gasteiger partial charge in [-0.05, 0) is 6.07 Å². The van der Waals surface area contributed by atoms with Gasteiger partial charge in [-0.15, -0.1) is 6.58 Å². The second-order valence-corrected chi connectivity index (χ2v) is 4.40. The highest BCUT2D eigenvalue weighted by Gasteiger charge is 2.53. The molecule has 1 aliphatic rings. The van der Waals surface area contributed by atoms with E-state index in [2.05, 4.69) is 17.9 Å². The molecule has 1 aromatic carbocycles. The number of hydrogen-bond acceptors (Lipinski definition) is 4. The molecule has 1 unspecified atom stereocenters. The van der Waals surface area contributed by atoms with Gasteiger partial charge >= 0.3 is 5.97 Å². The fraction of sp³-hybridized carbons (Fsp3) is 0.200. The number of benzene rings is 1. The minimum atomic E-state index is -2.09. The van der Waals surface area contributed by atoms with Crippen LogP contribution < -0.4 is 4.90 Å². The van der Waals surface area contributed by atoms with Gasteiger partial charge in [0.2, 0.25) is 5.60 Å². The maximum absolute atomic E-state index is 12.5. The van der Waals surface area contributed by atoms with Crippen LogP contribution in [0.3, 0.4) is 0 Å². The number of rotatable bonds is 4. The van der Waals surface area contributed by atoms with Crippen LogP contribution in [0, 0.1) is 0 Å². The molecule has 1 aromatic rings. The molecule has 1 aliphatic heterocycles. The van der Waals surface area contributed by atoms with Gasteiger partial charge in [-0.25, -0.2) is 4.79 Å². The van der Waals surface area contributed by atoms with Gasteiger partial charge in [-0.2, -0.15) is 0 Å². The number of aliphatic hydroxyl groups is 1. The fourth-order valence-corrected chi connectivity index (χ4v) is 2.31. The zero-order valence-corrected chi connectivity index (χ0v) is 11.1. The van der Waals surface area contributed by atoms with Crippen molar-refractivity contribution in [3.05, 3.63) is 54.6 Å². The summed E-state index contributed by atoms with van der Waals surface area (Å²) in [6, 6.07) is 6.71. The Labute approximate surface area is 116 Å². The van der Waals surface area contributed by atoms with E-state index in [4.69, 9.17) is 0 Å². The zero-order valence-electron chi connectivity index (χ0n) is 11.1. The van der Waals surface area contributed by atoms with Crippen LogP contribution in [0.4, 0.5) is 5.69 Å². The fourth-order valence-electron chi connectivity index (χ4n) is 2.31. The summed E-state index contributed by atoms with van der Waals surface area (Å²) in [5.74, 6) is -1.45. The number of methoxy groups -OCH3 is 1. The van der Waals surface area contributed by atoms with Crippen LogP contribution in [0.5, 0.6) is 0 Å². The monoisotopic (exact) mass is 273 g/mol. The van der Waals surface area contributed by atoms with E-state index in [0.717, 1.165) is 0 Å². The summed E-state index contributed by atoms with van der Waals surface area (Å²) in [5, 5.41) is 10.8. The van der Waals surface area contributed by atoms with Gasteiger partial charge in [-0.1, -0.05) is 30.9 Å². The van der Waals surface area contributed by atoms with Crippen molar-refractivity contribution in [2.24, 2.45) is 0 Å². The first-order valence-corrected chi connectivity index (χ1v) is 6.01. The van der Waals surface area contributed by atoms with E-state index in [9.17, 15) is 14.7 Å². The van der Waals surface area contributed by atoms with Crippen molar-refractivity contribution in [2.45, 2.75) is 5.60 Å². The van der Waals surface area contributed by atoms with Gasteiger partial charge < -0.3 is 14.7 Å². The number of anilines is 1. The molecule has 5 heteroatoms. The van der Waals surface area contributed by atoms with Gasteiger partial charge in [0.05, 0.1) is 18.4 Å². The molecule has 1 heterocycles. The molecule has 1 atom stereocenters. The lowest BCUT2D eigenvalue weighted by Crippen LogP contribution is -2.43. The van der Waals surface area contributed by atoms with Crippen molar-refractivity contribution in [1.29, 1.82) is 0 Å². The second kappa shape index (κ2) is 4.94. The Kier molecular flexibility index (Phi) is 3.46. The number of carbonyl (C=O) groups is 2. The summed E-state index contributed by atoms with van der Waals surface area (Å²) in [5.41, 5.74) is -1.54. The minimum Gasteiger partial charge on any atom is -0.466 e.